The van der Waals surface area contributed by atoms with Gasteiger partial charge in [-0.1, -0.05) is 24.3 Å². The average molecular weight is 362 g/mol. The lowest BCUT2D eigenvalue weighted by Gasteiger charge is -2.32. The fourth-order valence-corrected chi connectivity index (χ4v) is 3.43. The summed E-state index contributed by atoms with van der Waals surface area (Å²) in [7, 11) is 1.64. The zero-order chi connectivity index (χ0) is 18.6. The van der Waals surface area contributed by atoms with Crippen molar-refractivity contribution in [1.29, 1.82) is 0 Å². The van der Waals surface area contributed by atoms with Crippen molar-refractivity contribution in [1.82, 2.24) is 20.2 Å². The number of fused-ring (bicyclic) bond motifs is 1. The van der Waals surface area contributed by atoms with E-state index >= 15 is 0 Å². The monoisotopic (exact) mass is 362 g/mol. The number of nitrogens with one attached hydrogen (secondary N) is 1. The molecule has 27 heavy (non-hydrogen) atoms. The number of aromatic nitrogens is 2. The predicted molar refractivity (Wildman–Crippen MR) is 103 cm³/mol. The highest BCUT2D eigenvalue weighted by atomic mass is 16.5. The number of benzene rings is 1. The van der Waals surface area contributed by atoms with E-state index in [4.69, 9.17) is 9.72 Å². The largest absolute Gasteiger partial charge is 0.369 e. The zero-order valence-electron chi connectivity index (χ0n) is 15.3. The SMILES string of the molecule is CNC(=O)c1cc(C2CN(Cc3ccccn3)CCO2)nc2ccccc12. The molecule has 1 amide bonds. The molecule has 0 bridgehead atoms. The molecule has 6 heteroatoms. The van der Waals surface area contributed by atoms with Crippen LogP contribution in [-0.2, 0) is 11.3 Å². The summed E-state index contributed by atoms with van der Waals surface area (Å²) in [5.74, 6) is -0.115. The second kappa shape index (κ2) is 7.82. The van der Waals surface area contributed by atoms with E-state index in [1.54, 1.807) is 7.05 Å². The van der Waals surface area contributed by atoms with Crippen LogP contribution in [-0.4, -0.2) is 47.5 Å². The molecule has 1 aliphatic heterocycles. The van der Waals surface area contributed by atoms with Crippen molar-refractivity contribution in [2.24, 2.45) is 0 Å². The number of rotatable bonds is 4. The van der Waals surface area contributed by atoms with E-state index in [2.05, 4.69) is 15.2 Å². The van der Waals surface area contributed by atoms with Crippen LogP contribution in [0.2, 0.25) is 0 Å². The number of morpholine rings is 1. The van der Waals surface area contributed by atoms with Gasteiger partial charge in [-0.05, 0) is 24.3 Å². The first kappa shape index (κ1) is 17.6. The van der Waals surface area contributed by atoms with Gasteiger partial charge >= 0.3 is 0 Å². The van der Waals surface area contributed by atoms with Crippen LogP contribution in [0.15, 0.2) is 54.7 Å². The number of ether oxygens (including phenoxy) is 1. The van der Waals surface area contributed by atoms with Gasteiger partial charge in [-0.15, -0.1) is 0 Å². The Morgan fingerprint density at radius 1 is 1.26 bits per heavy atom. The van der Waals surface area contributed by atoms with Gasteiger partial charge in [-0.3, -0.25) is 14.7 Å². The Labute approximate surface area is 158 Å². The molecule has 3 heterocycles. The lowest BCUT2D eigenvalue weighted by atomic mass is 10.0. The molecule has 1 N–H and O–H groups in total. The molecular formula is C21H22N4O2. The van der Waals surface area contributed by atoms with E-state index in [1.807, 2.05) is 54.7 Å². The van der Waals surface area contributed by atoms with E-state index in [1.165, 1.54) is 0 Å². The van der Waals surface area contributed by atoms with Crippen LogP contribution in [0.25, 0.3) is 10.9 Å². The summed E-state index contributed by atoms with van der Waals surface area (Å²) in [6.07, 6.45) is 1.64. The molecule has 1 unspecified atom stereocenters. The highest BCUT2D eigenvalue weighted by Crippen LogP contribution is 2.26. The maximum atomic E-state index is 12.4. The molecule has 4 rings (SSSR count). The number of nitrogens with zero attached hydrogens (tertiary/aromatic N) is 3. The Morgan fingerprint density at radius 3 is 2.93 bits per heavy atom. The summed E-state index contributed by atoms with van der Waals surface area (Å²) in [5, 5.41) is 3.57. The standard InChI is InChI=1S/C21H22N4O2/c1-22-21(26)17-12-19(24-18-8-3-2-7-16(17)18)20-14-25(10-11-27-20)13-15-6-4-5-9-23-15/h2-9,12,20H,10-11,13-14H2,1H3,(H,22,26). The average Bonchev–Trinajstić information content (AvgIpc) is 2.73. The highest BCUT2D eigenvalue weighted by molar-refractivity contribution is 6.06. The molecule has 1 aliphatic rings. The van der Waals surface area contributed by atoms with Crippen molar-refractivity contribution in [3.8, 4) is 0 Å². The lowest BCUT2D eigenvalue weighted by molar-refractivity contribution is -0.0352. The summed E-state index contributed by atoms with van der Waals surface area (Å²) in [6.45, 7) is 2.97. The van der Waals surface area contributed by atoms with Crippen molar-refractivity contribution < 1.29 is 9.53 Å². The summed E-state index contributed by atoms with van der Waals surface area (Å²) >= 11 is 0. The minimum atomic E-state index is -0.171. The van der Waals surface area contributed by atoms with Crippen molar-refractivity contribution in [2.75, 3.05) is 26.7 Å². The fraction of sp³-hybridized carbons (Fsp3) is 0.286. The third-order valence-electron chi connectivity index (χ3n) is 4.80. The third kappa shape index (κ3) is 3.82. The van der Waals surface area contributed by atoms with Crippen LogP contribution in [0.5, 0.6) is 0 Å². The maximum absolute atomic E-state index is 12.4. The van der Waals surface area contributed by atoms with E-state index < -0.39 is 0 Å². The van der Waals surface area contributed by atoms with Gasteiger partial charge in [-0.2, -0.15) is 0 Å². The molecule has 138 valence electrons. The Kier molecular flexibility index (Phi) is 5.09. The minimum absolute atomic E-state index is 0.115. The van der Waals surface area contributed by atoms with E-state index in [0.29, 0.717) is 12.2 Å². The van der Waals surface area contributed by atoms with Gasteiger partial charge in [0.25, 0.3) is 5.91 Å². The minimum Gasteiger partial charge on any atom is -0.369 e. The first-order valence-corrected chi connectivity index (χ1v) is 9.10. The van der Waals surface area contributed by atoms with Gasteiger partial charge in [0.2, 0.25) is 0 Å². The molecule has 2 aromatic heterocycles. The quantitative estimate of drug-likeness (QED) is 0.773. The van der Waals surface area contributed by atoms with Crippen LogP contribution in [0.4, 0.5) is 0 Å². The molecule has 6 nitrogen and oxygen atoms in total. The predicted octanol–water partition coefficient (Wildman–Crippen LogP) is 2.56. The second-order valence-corrected chi connectivity index (χ2v) is 6.61. The molecule has 1 fully saturated rings. The normalized spacial score (nSPS) is 17.7. The van der Waals surface area contributed by atoms with Crippen LogP contribution in [0.3, 0.4) is 0 Å². The van der Waals surface area contributed by atoms with Gasteiger partial charge in [0.1, 0.15) is 6.10 Å². The summed E-state index contributed by atoms with van der Waals surface area (Å²) in [5.41, 5.74) is 3.26. The summed E-state index contributed by atoms with van der Waals surface area (Å²) in [4.78, 5) is 23.9. The van der Waals surface area contributed by atoms with Gasteiger partial charge in [-0.25, -0.2) is 4.98 Å². The number of carbonyl (C=O) groups is 1. The molecule has 1 atom stereocenters. The molecule has 0 aliphatic carbocycles. The molecule has 3 aromatic rings. The van der Waals surface area contributed by atoms with E-state index in [0.717, 1.165) is 41.9 Å². The van der Waals surface area contributed by atoms with Gasteiger partial charge in [0.15, 0.2) is 0 Å². The highest BCUT2D eigenvalue weighted by Gasteiger charge is 2.25. The topological polar surface area (TPSA) is 67.4 Å². The van der Waals surface area contributed by atoms with Gasteiger partial charge in [0, 0.05) is 38.3 Å². The first-order chi connectivity index (χ1) is 13.2. The number of hydrogen-bond donors (Lipinski definition) is 1. The zero-order valence-corrected chi connectivity index (χ0v) is 15.3. The Bertz CT molecular complexity index is 945. The second-order valence-electron chi connectivity index (χ2n) is 6.61. The Hall–Kier alpha value is -2.83. The van der Waals surface area contributed by atoms with E-state index in [-0.39, 0.29) is 12.0 Å². The number of para-hydroxylation sites is 1. The van der Waals surface area contributed by atoms with Crippen molar-refractivity contribution in [3.05, 3.63) is 71.7 Å². The van der Waals surface area contributed by atoms with Gasteiger partial charge in [0.05, 0.1) is 29.1 Å². The van der Waals surface area contributed by atoms with Crippen LogP contribution < -0.4 is 5.32 Å². The smallest absolute Gasteiger partial charge is 0.251 e. The van der Waals surface area contributed by atoms with Crippen molar-refractivity contribution in [2.45, 2.75) is 12.6 Å². The first-order valence-electron chi connectivity index (χ1n) is 9.10. The van der Waals surface area contributed by atoms with Crippen LogP contribution in [0.1, 0.15) is 27.8 Å². The summed E-state index contributed by atoms with van der Waals surface area (Å²) < 4.78 is 5.99. The van der Waals surface area contributed by atoms with Crippen LogP contribution >= 0.6 is 0 Å². The lowest BCUT2D eigenvalue weighted by Crippen LogP contribution is -2.38. The number of pyridine rings is 2. The fourth-order valence-electron chi connectivity index (χ4n) is 3.43. The molecule has 1 aromatic carbocycles. The Morgan fingerprint density at radius 2 is 2.11 bits per heavy atom. The summed E-state index contributed by atoms with van der Waals surface area (Å²) in [6, 6.07) is 15.5. The maximum Gasteiger partial charge on any atom is 0.251 e. The van der Waals surface area contributed by atoms with Crippen molar-refractivity contribution >= 4 is 16.8 Å². The molecule has 0 spiro atoms. The molecule has 1 saturated heterocycles. The van der Waals surface area contributed by atoms with Crippen LogP contribution in [0, 0.1) is 0 Å². The molecule has 0 saturated carbocycles. The molecular weight excluding hydrogens is 340 g/mol. The number of hydrogen-bond acceptors (Lipinski definition) is 5. The number of carbonyl (C=O) groups excluding carboxylic acids is 1. The van der Waals surface area contributed by atoms with Gasteiger partial charge < -0.3 is 10.1 Å². The Balaban J connectivity index is 1.62. The third-order valence-corrected chi connectivity index (χ3v) is 4.80. The van der Waals surface area contributed by atoms with Crippen molar-refractivity contribution in [3.63, 3.8) is 0 Å². The van der Waals surface area contributed by atoms with E-state index in [9.17, 15) is 4.79 Å². The molecule has 0 radical (unpaired) electrons. The number of amides is 1.